The number of benzene rings is 2. The number of aromatic nitrogens is 3. The number of carbonyl (C=O) groups excluding carboxylic acids is 1. The van der Waals surface area contributed by atoms with Gasteiger partial charge in [0.15, 0.2) is 0 Å². The largest absolute Gasteiger partial charge is 0.495 e. The Morgan fingerprint density at radius 1 is 0.966 bits per heavy atom. The van der Waals surface area contributed by atoms with E-state index in [1.807, 2.05) is 43.4 Å². The maximum Gasteiger partial charge on any atom is 0.258 e. The molecule has 2 heterocycles. The summed E-state index contributed by atoms with van der Waals surface area (Å²) >= 11 is 0. The second kappa shape index (κ2) is 8.22. The third-order valence-corrected chi connectivity index (χ3v) is 4.99. The van der Waals surface area contributed by atoms with Crippen molar-refractivity contribution in [1.29, 1.82) is 0 Å². The van der Waals surface area contributed by atoms with E-state index < -0.39 is 0 Å². The summed E-state index contributed by atoms with van der Waals surface area (Å²) in [4.78, 5) is 21.4. The van der Waals surface area contributed by atoms with Crippen molar-refractivity contribution < 1.29 is 9.53 Å². The van der Waals surface area contributed by atoms with E-state index in [0.717, 1.165) is 43.6 Å². The standard InChI is InChI=1S/C21H24N6O2/c1-25-21(23-20(24-25)22-19(28)16-8-4-3-5-9-16)27-14-12-26(13-15-27)17-10-6-7-11-18(17)29-2/h3-11H,12-15H2,1-2H3,(H,22,24,28). The zero-order valence-electron chi connectivity index (χ0n) is 16.6. The molecule has 4 rings (SSSR count). The van der Waals surface area contributed by atoms with E-state index >= 15 is 0 Å². The molecule has 0 radical (unpaired) electrons. The molecule has 1 aromatic heterocycles. The number of methoxy groups -OCH3 is 1. The van der Waals surface area contributed by atoms with E-state index in [9.17, 15) is 4.79 Å². The predicted molar refractivity (Wildman–Crippen MR) is 113 cm³/mol. The molecule has 1 saturated heterocycles. The Hall–Kier alpha value is -3.55. The van der Waals surface area contributed by atoms with Gasteiger partial charge in [0.25, 0.3) is 11.9 Å². The first-order chi connectivity index (χ1) is 14.2. The Morgan fingerprint density at radius 3 is 2.34 bits per heavy atom. The number of piperazine rings is 1. The molecule has 29 heavy (non-hydrogen) atoms. The van der Waals surface area contributed by atoms with Crippen molar-refractivity contribution in [3.8, 4) is 5.75 Å². The lowest BCUT2D eigenvalue weighted by Gasteiger charge is -2.36. The number of hydrogen-bond donors (Lipinski definition) is 1. The molecule has 1 fully saturated rings. The highest BCUT2D eigenvalue weighted by Gasteiger charge is 2.23. The van der Waals surface area contributed by atoms with Crippen LogP contribution in [0, 0.1) is 0 Å². The van der Waals surface area contributed by atoms with E-state index in [1.54, 1.807) is 23.9 Å². The molecule has 1 N–H and O–H groups in total. The average molecular weight is 392 g/mol. The summed E-state index contributed by atoms with van der Waals surface area (Å²) < 4.78 is 7.19. The number of rotatable bonds is 5. The molecule has 8 heteroatoms. The summed E-state index contributed by atoms with van der Waals surface area (Å²) in [7, 11) is 3.53. The number of hydrogen-bond acceptors (Lipinski definition) is 6. The topological polar surface area (TPSA) is 75.5 Å². The van der Waals surface area contributed by atoms with Crippen LogP contribution in [0.2, 0.25) is 0 Å². The third-order valence-electron chi connectivity index (χ3n) is 4.99. The molecule has 3 aromatic rings. The highest BCUT2D eigenvalue weighted by molar-refractivity contribution is 6.03. The van der Waals surface area contributed by atoms with Crippen LogP contribution >= 0.6 is 0 Å². The number of amides is 1. The fourth-order valence-corrected chi connectivity index (χ4v) is 3.51. The maximum absolute atomic E-state index is 12.3. The molecule has 2 aromatic carbocycles. The molecule has 0 aliphatic carbocycles. The van der Waals surface area contributed by atoms with Gasteiger partial charge in [0.1, 0.15) is 5.75 Å². The number of nitrogens with one attached hydrogen (secondary N) is 1. The number of carbonyl (C=O) groups is 1. The lowest BCUT2D eigenvalue weighted by molar-refractivity contribution is 0.102. The number of ether oxygens (including phenoxy) is 1. The highest BCUT2D eigenvalue weighted by Crippen LogP contribution is 2.29. The van der Waals surface area contributed by atoms with Crippen LogP contribution in [0.1, 0.15) is 10.4 Å². The molecule has 0 unspecified atom stereocenters. The molecule has 150 valence electrons. The first-order valence-electron chi connectivity index (χ1n) is 9.56. The number of aryl methyl sites for hydroxylation is 1. The smallest absolute Gasteiger partial charge is 0.258 e. The zero-order chi connectivity index (χ0) is 20.2. The van der Waals surface area contributed by atoms with Crippen LogP contribution < -0.4 is 19.9 Å². The van der Waals surface area contributed by atoms with Crippen LogP contribution in [0.5, 0.6) is 5.75 Å². The fourth-order valence-electron chi connectivity index (χ4n) is 3.51. The van der Waals surface area contributed by atoms with Gasteiger partial charge in [-0.05, 0) is 24.3 Å². The number of nitrogens with zero attached hydrogens (tertiary/aromatic N) is 5. The lowest BCUT2D eigenvalue weighted by Crippen LogP contribution is -2.47. The summed E-state index contributed by atoms with van der Waals surface area (Å²) in [5.41, 5.74) is 1.68. The van der Waals surface area contributed by atoms with Gasteiger partial charge in [-0.2, -0.15) is 4.98 Å². The van der Waals surface area contributed by atoms with Crippen LogP contribution in [0.15, 0.2) is 54.6 Å². The van der Waals surface area contributed by atoms with Gasteiger partial charge >= 0.3 is 0 Å². The SMILES string of the molecule is COc1ccccc1N1CCN(c2nc(NC(=O)c3ccccc3)nn2C)CC1. The van der Waals surface area contributed by atoms with Gasteiger partial charge in [0.05, 0.1) is 12.8 Å². The molecular weight excluding hydrogens is 368 g/mol. The minimum Gasteiger partial charge on any atom is -0.495 e. The minimum absolute atomic E-state index is 0.219. The Bertz CT molecular complexity index is 980. The monoisotopic (exact) mass is 392 g/mol. The second-order valence-corrected chi connectivity index (χ2v) is 6.83. The summed E-state index contributed by atoms with van der Waals surface area (Å²) in [5.74, 6) is 1.71. The molecule has 0 saturated carbocycles. The van der Waals surface area contributed by atoms with E-state index in [4.69, 9.17) is 4.74 Å². The van der Waals surface area contributed by atoms with E-state index in [-0.39, 0.29) is 5.91 Å². The lowest BCUT2D eigenvalue weighted by atomic mass is 10.2. The fraction of sp³-hybridized carbons (Fsp3) is 0.286. The van der Waals surface area contributed by atoms with Crippen molar-refractivity contribution in [2.45, 2.75) is 0 Å². The molecule has 0 atom stereocenters. The van der Waals surface area contributed by atoms with Crippen molar-refractivity contribution in [3.05, 3.63) is 60.2 Å². The van der Waals surface area contributed by atoms with Crippen molar-refractivity contribution in [2.75, 3.05) is 48.4 Å². The van der Waals surface area contributed by atoms with Crippen LogP contribution in [-0.2, 0) is 7.05 Å². The van der Waals surface area contributed by atoms with Crippen LogP contribution in [0.3, 0.4) is 0 Å². The molecule has 0 bridgehead atoms. The first-order valence-corrected chi connectivity index (χ1v) is 9.56. The normalized spacial score (nSPS) is 14.0. The molecule has 0 spiro atoms. The predicted octanol–water partition coefficient (Wildman–Crippen LogP) is 2.40. The summed E-state index contributed by atoms with van der Waals surface area (Å²) in [6.45, 7) is 3.30. The summed E-state index contributed by atoms with van der Waals surface area (Å²) in [6.07, 6.45) is 0. The third kappa shape index (κ3) is 4.01. The van der Waals surface area contributed by atoms with Crippen molar-refractivity contribution >= 4 is 23.5 Å². The number of para-hydroxylation sites is 2. The highest BCUT2D eigenvalue weighted by atomic mass is 16.5. The van der Waals surface area contributed by atoms with E-state index in [1.165, 1.54) is 0 Å². The first kappa shape index (κ1) is 18.8. The van der Waals surface area contributed by atoms with Crippen LogP contribution in [0.4, 0.5) is 17.6 Å². The van der Waals surface area contributed by atoms with Crippen molar-refractivity contribution in [3.63, 3.8) is 0 Å². The molecule has 8 nitrogen and oxygen atoms in total. The van der Waals surface area contributed by atoms with Gasteiger partial charge in [0.2, 0.25) is 5.95 Å². The Balaban J connectivity index is 1.42. The van der Waals surface area contributed by atoms with Gasteiger partial charge in [0, 0.05) is 38.8 Å². The average Bonchev–Trinajstić information content (AvgIpc) is 3.14. The van der Waals surface area contributed by atoms with Crippen molar-refractivity contribution in [1.82, 2.24) is 14.8 Å². The molecule has 1 amide bonds. The molecular formula is C21H24N6O2. The molecule has 1 aliphatic heterocycles. The Kier molecular flexibility index (Phi) is 5.33. The number of anilines is 3. The minimum atomic E-state index is -0.219. The Labute approximate surface area is 169 Å². The quantitative estimate of drug-likeness (QED) is 0.719. The maximum atomic E-state index is 12.3. The van der Waals surface area contributed by atoms with Gasteiger partial charge in [-0.25, -0.2) is 4.68 Å². The van der Waals surface area contributed by atoms with Gasteiger partial charge in [-0.1, -0.05) is 30.3 Å². The van der Waals surface area contributed by atoms with Gasteiger partial charge in [-0.15, -0.1) is 5.10 Å². The summed E-state index contributed by atoms with van der Waals surface area (Å²) in [5, 5.41) is 7.13. The van der Waals surface area contributed by atoms with E-state index in [0.29, 0.717) is 11.5 Å². The second-order valence-electron chi connectivity index (χ2n) is 6.83. The summed E-state index contributed by atoms with van der Waals surface area (Å²) in [6, 6.07) is 17.1. The molecule has 1 aliphatic rings. The van der Waals surface area contributed by atoms with Crippen LogP contribution in [-0.4, -0.2) is 54.0 Å². The van der Waals surface area contributed by atoms with Crippen LogP contribution in [0.25, 0.3) is 0 Å². The van der Waals surface area contributed by atoms with E-state index in [2.05, 4.69) is 31.3 Å². The van der Waals surface area contributed by atoms with Crippen molar-refractivity contribution in [2.24, 2.45) is 7.05 Å². The van der Waals surface area contributed by atoms with Gasteiger partial charge in [-0.3, -0.25) is 10.1 Å². The van der Waals surface area contributed by atoms with Gasteiger partial charge < -0.3 is 14.5 Å². The zero-order valence-corrected chi connectivity index (χ0v) is 16.6. The Morgan fingerprint density at radius 2 is 1.62 bits per heavy atom.